The van der Waals surface area contributed by atoms with Gasteiger partial charge in [-0.2, -0.15) is 0 Å². The Morgan fingerprint density at radius 1 is 1.17 bits per heavy atom. The highest BCUT2D eigenvalue weighted by Crippen LogP contribution is 2.08. The Morgan fingerprint density at radius 2 is 1.67 bits per heavy atom. The predicted molar refractivity (Wildman–Crippen MR) is 53.0 cm³/mol. The van der Waals surface area contributed by atoms with Gasteiger partial charge in [0.1, 0.15) is 0 Å². The molecule has 1 nitrogen and oxygen atoms in total. The van der Waals surface area contributed by atoms with Crippen molar-refractivity contribution in [2.75, 3.05) is 0 Å². The second-order valence-corrected chi connectivity index (χ2v) is 3.39. The molecule has 0 aliphatic heterocycles. The molecule has 0 saturated carbocycles. The zero-order chi connectivity index (χ0) is 9.72. The van der Waals surface area contributed by atoms with Crippen molar-refractivity contribution in [2.45, 2.75) is 34.6 Å². The molecule has 0 fully saturated rings. The summed E-state index contributed by atoms with van der Waals surface area (Å²) in [5, 5.41) is 0. The van der Waals surface area contributed by atoms with Gasteiger partial charge in [0.05, 0.1) is 0 Å². The largest absolute Gasteiger partial charge is 0.289 e. The van der Waals surface area contributed by atoms with Gasteiger partial charge in [-0.3, -0.25) is 4.79 Å². The first-order valence-electron chi connectivity index (χ1n) is 4.35. The fourth-order valence-corrected chi connectivity index (χ4v) is 1.02. The summed E-state index contributed by atoms with van der Waals surface area (Å²) in [5.41, 5.74) is 1.67. The van der Waals surface area contributed by atoms with Crippen LogP contribution in [0, 0.1) is 5.92 Å². The van der Waals surface area contributed by atoms with Crippen LogP contribution in [0.25, 0.3) is 0 Å². The van der Waals surface area contributed by atoms with Crippen LogP contribution in [-0.4, -0.2) is 5.78 Å². The van der Waals surface area contributed by atoms with E-state index in [4.69, 9.17) is 0 Å². The van der Waals surface area contributed by atoms with Gasteiger partial charge in [0, 0.05) is 0 Å². The minimum atomic E-state index is 0.159. The summed E-state index contributed by atoms with van der Waals surface area (Å²) in [4.78, 5) is 11.5. The monoisotopic (exact) mass is 166 g/mol. The van der Waals surface area contributed by atoms with Crippen molar-refractivity contribution >= 4 is 5.78 Å². The van der Waals surface area contributed by atoms with E-state index in [1.807, 2.05) is 32.9 Å². The van der Waals surface area contributed by atoms with Crippen molar-refractivity contribution in [1.82, 2.24) is 0 Å². The van der Waals surface area contributed by atoms with E-state index in [1.54, 1.807) is 0 Å². The van der Waals surface area contributed by atoms with E-state index in [2.05, 4.69) is 13.8 Å². The summed E-state index contributed by atoms with van der Waals surface area (Å²) in [6, 6.07) is 0. The first kappa shape index (κ1) is 11.2. The highest BCUT2D eigenvalue weighted by atomic mass is 16.1. The van der Waals surface area contributed by atoms with Crippen molar-refractivity contribution in [2.24, 2.45) is 5.92 Å². The van der Waals surface area contributed by atoms with E-state index in [1.165, 1.54) is 0 Å². The molecule has 0 aromatic carbocycles. The minimum absolute atomic E-state index is 0.159. The first-order valence-corrected chi connectivity index (χ1v) is 4.35. The van der Waals surface area contributed by atoms with Crippen LogP contribution in [0.1, 0.15) is 34.6 Å². The van der Waals surface area contributed by atoms with Gasteiger partial charge >= 0.3 is 0 Å². The Kier molecular flexibility index (Phi) is 4.57. The normalized spacial score (nSPS) is 13.8. The Labute approximate surface area is 75.2 Å². The van der Waals surface area contributed by atoms with Gasteiger partial charge in [-0.25, -0.2) is 0 Å². The molecular weight excluding hydrogens is 148 g/mol. The van der Waals surface area contributed by atoms with Crippen LogP contribution in [0.5, 0.6) is 0 Å². The van der Waals surface area contributed by atoms with Crippen molar-refractivity contribution in [3.63, 3.8) is 0 Å². The van der Waals surface area contributed by atoms with E-state index in [0.29, 0.717) is 5.92 Å². The van der Waals surface area contributed by atoms with Crippen molar-refractivity contribution in [3.8, 4) is 0 Å². The third-order valence-electron chi connectivity index (χ3n) is 1.73. The number of hydrogen-bond acceptors (Lipinski definition) is 1. The molecule has 68 valence electrons. The van der Waals surface area contributed by atoms with E-state index in [-0.39, 0.29) is 5.78 Å². The van der Waals surface area contributed by atoms with Crippen LogP contribution in [0.4, 0.5) is 0 Å². The standard InChI is InChI=1S/C11H18O/c1-6-9(4)11(12)10(5)7-8(2)3/h6-8H,1-5H3. The SMILES string of the molecule is CC=C(C)C(=O)C(C)=CC(C)C. The quantitative estimate of drug-likeness (QED) is 0.589. The zero-order valence-electron chi connectivity index (χ0n) is 8.64. The maximum Gasteiger partial charge on any atom is 0.183 e. The molecule has 0 aromatic heterocycles. The van der Waals surface area contributed by atoms with Crippen LogP contribution in [0.15, 0.2) is 23.3 Å². The molecule has 0 bridgehead atoms. The van der Waals surface area contributed by atoms with Crippen LogP contribution < -0.4 is 0 Å². The molecule has 0 heterocycles. The second kappa shape index (κ2) is 4.91. The highest BCUT2D eigenvalue weighted by Gasteiger charge is 2.05. The number of Topliss-reactive ketones (excluding diaryl/α,β-unsaturated/α-hetero) is 1. The third kappa shape index (κ3) is 3.51. The molecular formula is C11H18O. The molecule has 0 unspecified atom stereocenters. The summed E-state index contributed by atoms with van der Waals surface area (Å²) in [6.07, 6.45) is 3.84. The maximum atomic E-state index is 11.5. The smallest absolute Gasteiger partial charge is 0.183 e. The summed E-state index contributed by atoms with van der Waals surface area (Å²) in [7, 11) is 0. The molecule has 12 heavy (non-hydrogen) atoms. The minimum Gasteiger partial charge on any atom is -0.289 e. The van der Waals surface area contributed by atoms with Crippen molar-refractivity contribution in [3.05, 3.63) is 23.3 Å². The number of ketones is 1. The molecule has 0 atom stereocenters. The van der Waals surface area contributed by atoms with Crippen LogP contribution >= 0.6 is 0 Å². The Morgan fingerprint density at radius 3 is 2.00 bits per heavy atom. The molecule has 0 radical (unpaired) electrons. The molecule has 0 aliphatic rings. The molecule has 0 amide bonds. The van der Waals surface area contributed by atoms with Gasteiger partial charge in [0.25, 0.3) is 0 Å². The van der Waals surface area contributed by atoms with Gasteiger partial charge in [0.15, 0.2) is 5.78 Å². The number of hydrogen-bond donors (Lipinski definition) is 0. The van der Waals surface area contributed by atoms with Gasteiger partial charge < -0.3 is 0 Å². The molecule has 0 N–H and O–H groups in total. The van der Waals surface area contributed by atoms with Gasteiger partial charge in [-0.1, -0.05) is 26.0 Å². The lowest BCUT2D eigenvalue weighted by Crippen LogP contribution is -2.02. The predicted octanol–water partition coefficient (Wildman–Crippen LogP) is 3.12. The van der Waals surface area contributed by atoms with E-state index >= 15 is 0 Å². The van der Waals surface area contributed by atoms with E-state index in [0.717, 1.165) is 11.1 Å². The Balaban J connectivity index is 4.51. The van der Waals surface area contributed by atoms with Gasteiger partial charge in [-0.05, 0) is 37.8 Å². The molecule has 0 rings (SSSR count). The molecule has 0 aliphatic carbocycles. The number of carbonyl (C=O) groups is 1. The average Bonchev–Trinajstić information content (AvgIpc) is 2.00. The van der Waals surface area contributed by atoms with Crippen LogP contribution in [0.3, 0.4) is 0 Å². The number of carbonyl (C=O) groups excluding carboxylic acids is 1. The average molecular weight is 166 g/mol. The fraction of sp³-hybridized carbons (Fsp3) is 0.545. The third-order valence-corrected chi connectivity index (χ3v) is 1.73. The lowest BCUT2D eigenvalue weighted by molar-refractivity contribution is -0.112. The number of rotatable bonds is 3. The Hall–Kier alpha value is -0.850. The van der Waals surface area contributed by atoms with Crippen LogP contribution in [-0.2, 0) is 4.79 Å². The van der Waals surface area contributed by atoms with Crippen molar-refractivity contribution < 1.29 is 4.79 Å². The summed E-state index contributed by atoms with van der Waals surface area (Å²) < 4.78 is 0. The molecule has 0 saturated heterocycles. The first-order chi connectivity index (χ1) is 5.49. The molecule has 1 heteroatoms. The lowest BCUT2D eigenvalue weighted by Gasteiger charge is -2.02. The van der Waals surface area contributed by atoms with E-state index < -0.39 is 0 Å². The number of allylic oxidation sites excluding steroid dienone is 4. The topological polar surface area (TPSA) is 17.1 Å². The lowest BCUT2D eigenvalue weighted by atomic mass is 10.0. The van der Waals surface area contributed by atoms with Crippen LogP contribution in [0.2, 0.25) is 0 Å². The highest BCUT2D eigenvalue weighted by molar-refractivity contribution is 6.07. The molecule has 0 aromatic rings. The van der Waals surface area contributed by atoms with Gasteiger partial charge in [-0.15, -0.1) is 0 Å². The fourth-order valence-electron chi connectivity index (χ4n) is 1.02. The molecule has 0 spiro atoms. The maximum absolute atomic E-state index is 11.5. The van der Waals surface area contributed by atoms with Crippen molar-refractivity contribution in [1.29, 1.82) is 0 Å². The zero-order valence-corrected chi connectivity index (χ0v) is 8.64. The summed E-state index contributed by atoms with van der Waals surface area (Å²) >= 11 is 0. The second-order valence-electron chi connectivity index (χ2n) is 3.39. The Bertz CT molecular complexity index is 219. The van der Waals surface area contributed by atoms with E-state index in [9.17, 15) is 4.79 Å². The summed E-state index contributed by atoms with van der Waals surface area (Å²) in [6.45, 7) is 9.74. The summed E-state index contributed by atoms with van der Waals surface area (Å²) in [5.74, 6) is 0.602. The van der Waals surface area contributed by atoms with Gasteiger partial charge in [0.2, 0.25) is 0 Å².